The van der Waals surface area contributed by atoms with Crippen molar-refractivity contribution in [2.24, 2.45) is 0 Å². The van der Waals surface area contributed by atoms with E-state index in [0.717, 1.165) is 0 Å². The predicted octanol–water partition coefficient (Wildman–Crippen LogP) is 14.9. The molecule has 0 nitrogen and oxygen atoms in total. The molecule has 0 atom stereocenters. The summed E-state index contributed by atoms with van der Waals surface area (Å²) in [4.78, 5) is 0. The quantitative estimate of drug-likeness (QED) is 0.154. The van der Waals surface area contributed by atoms with Crippen LogP contribution >= 0.6 is 0 Å². The van der Waals surface area contributed by atoms with Crippen molar-refractivity contribution >= 4 is 21.5 Å². The summed E-state index contributed by atoms with van der Waals surface area (Å²) >= 11 is 0. The van der Waals surface area contributed by atoms with E-state index in [2.05, 4.69) is 209 Å². The van der Waals surface area contributed by atoms with Crippen LogP contribution in [0.3, 0.4) is 0 Å². The summed E-state index contributed by atoms with van der Waals surface area (Å²) in [6.45, 7) is 6.45. The fraction of sp³-hybridized carbons (Fsp3) is 0.0566. The highest BCUT2D eigenvalue weighted by Crippen LogP contribution is 2.44. The molecule has 0 unspecified atom stereocenters. The Morgan fingerprint density at radius 2 is 0.453 bits per heavy atom. The third-order valence-corrected chi connectivity index (χ3v) is 10.7. The maximum atomic E-state index is 2.36. The molecule has 252 valence electrons. The van der Waals surface area contributed by atoms with Crippen molar-refractivity contribution in [2.45, 2.75) is 20.8 Å². The van der Waals surface area contributed by atoms with E-state index in [1.165, 1.54) is 105 Å². The van der Waals surface area contributed by atoms with Gasteiger partial charge in [0.15, 0.2) is 0 Å². The largest absolute Gasteiger partial charge is 0.0616 e. The number of hydrogen-bond acceptors (Lipinski definition) is 0. The van der Waals surface area contributed by atoms with Crippen LogP contribution < -0.4 is 0 Å². The van der Waals surface area contributed by atoms with Crippen molar-refractivity contribution < 1.29 is 0 Å². The molecular formula is C53H40. The van der Waals surface area contributed by atoms with Crippen LogP contribution in [-0.4, -0.2) is 0 Å². The highest BCUT2D eigenvalue weighted by Gasteiger charge is 2.17. The Labute approximate surface area is 312 Å². The van der Waals surface area contributed by atoms with Gasteiger partial charge in [-0.1, -0.05) is 205 Å². The van der Waals surface area contributed by atoms with E-state index >= 15 is 0 Å². The van der Waals surface area contributed by atoms with E-state index in [1.807, 2.05) is 0 Å². The van der Waals surface area contributed by atoms with Crippen molar-refractivity contribution in [3.63, 3.8) is 0 Å². The molecule has 0 aliphatic carbocycles. The van der Waals surface area contributed by atoms with Gasteiger partial charge in [0, 0.05) is 0 Å². The second-order valence-corrected chi connectivity index (χ2v) is 14.4. The van der Waals surface area contributed by atoms with Gasteiger partial charge in [0.2, 0.25) is 0 Å². The summed E-state index contributed by atoms with van der Waals surface area (Å²) in [5.74, 6) is 0. The summed E-state index contributed by atoms with van der Waals surface area (Å²) in [6.07, 6.45) is 0. The van der Waals surface area contributed by atoms with Gasteiger partial charge in [0.25, 0.3) is 0 Å². The van der Waals surface area contributed by atoms with Gasteiger partial charge in [-0.2, -0.15) is 0 Å². The van der Waals surface area contributed by atoms with Crippen LogP contribution in [0.5, 0.6) is 0 Å². The lowest BCUT2D eigenvalue weighted by Gasteiger charge is -2.19. The average molecular weight is 677 g/mol. The van der Waals surface area contributed by atoms with Crippen molar-refractivity contribution in [2.75, 3.05) is 0 Å². The number of benzene rings is 9. The van der Waals surface area contributed by atoms with E-state index in [9.17, 15) is 0 Å². The fourth-order valence-electron chi connectivity index (χ4n) is 7.78. The predicted molar refractivity (Wildman–Crippen MR) is 228 cm³/mol. The molecular weight excluding hydrogens is 637 g/mol. The number of aryl methyl sites for hydroxylation is 3. The van der Waals surface area contributed by atoms with E-state index in [0.29, 0.717) is 0 Å². The molecule has 0 heterocycles. The highest BCUT2D eigenvalue weighted by atomic mass is 14.2. The van der Waals surface area contributed by atoms with Crippen molar-refractivity contribution in [3.8, 4) is 66.8 Å². The van der Waals surface area contributed by atoms with Gasteiger partial charge in [-0.3, -0.25) is 0 Å². The molecule has 0 heteroatoms. The SMILES string of the molecule is Cc1ccc(-c2ccc(-c3ccc(-c4c5ccccc5c(-c5ccc(-c6ccc(-c7ccc(C)cc7)cc6)cc5)c5cc(C)ccc45)cc3)cc2)cc1. The van der Waals surface area contributed by atoms with Crippen LogP contribution in [0.4, 0.5) is 0 Å². The maximum Gasteiger partial charge on any atom is -0.00263 e. The molecule has 0 amide bonds. The third kappa shape index (κ3) is 6.24. The first-order valence-electron chi connectivity index (χ1n) is 18.5. The highest BCUT2D eigenvalue weighted by molar-refractivity contribution is 6.21. The van der Waals surface area contributed by atoms with Gasteiger partial charge in [-0.25, -0.2) is 0 Å². The molecule has 0 aromatic heterocycles. The van der Waals surface area contributed by atoms with Crippen LogP contribution in [-0.2, 0) is 0 Å². The van der Waals surface area contributed by atoms with Crippen molar-refractivity contribution in [1.82, 2.24) is 0 Å². The second kappa shape index (κ2) is 13.6. The standard InChI is InChI=1S/C53H40/c1-35-8-13-38(14-9-35)40-17-21-42(22-18-40)44-25-29-46(30-26-44)52-48-6-4-5-7-49(48)53(51-34-37(3)12-33-50(51)52)47-31-27-45(28-32-47)43-23-19-41(20-24-43)39-15-10-36(2)11-16-39/h4-34H,1-3H3. The smallest absolute Gasteiger partial charge is 0.00263 e. The molecule has 9 aromatic rings. The van der Waals surface area contributed by atoms with Gasteiger partial charge < -0.3 is 0 Å². The maximum absolute atomic E-state index is 2.36. The van der Waals surface area contributed by atoms with E-state index < -0.39 is 0 Å². The first-order valence-corrected chi connectivity index (χ1v) is 18.5. The van der Waals surface area contributed by atoms with E-state index in [4.69, 9.17) is 0 Å². The molecule has 0 aliphatic heterocycles. The molecule has 0 N–H and O–H groups in total. The number of rotatable bonds is 6. The summed E-state index contributed by atoms with van der Waals surface area (Å²) in [7, 11) is 0. The topological polar surface area (TPSA) is 0 Å². The second-order valence-electron chi connectivity index (χ2n) is 14.4. The Kier molecular flexibility index (Phi) is 8.30. The van der Waals surface area contributed by atoms with Crippen LogP contribution in [0.25, 0.3) is 88.3 Å². The van der Waals surface area contributed by atoms with Crippen molar-refractivity contribution in [1.29, 1.82) is 0 Å². The lowest BCUT2D eigenvalue weighted by Crippen LogP contribution is -1.92. The molecule has 0 saturated carbocycles. The molecule has 0 bridgehead atoms. The van der Waals surface area contributed by atoms with Gasteiger partial charge in [0.05, 0.1) is 0 Å². The Bertz CT molecular complexity index is 2710. The minimum atomic E-state index is 1.22. The van der Waals surface area contributed by atoms with Gasteiger partial charge in [0.1, 0.15) is 0 Å². The lowest BCUT2D eigenvalue weighted by molar-refractivity contribution is 1.47. The van der Waals surface area contributed by atoms with Gasteiger partial charge in [-0.05, 0) is 109 Å². The first kappa shape index (κ1) is 32.4. The summed E-state index contributed by atoms with van der Waals surface area (Å²) in [5.41, 5.74) is 18.7. The first-order chi connectivity index (χ1) is 26.0. The average Bonchev–Trinajstić information content (AvgIpc) is 3.21. The molecule has 0 spiro atoms. The summed E-state index contributed by atoms with van der Waals surface area (Å²) in [6, 6.07) is 69.4. The molecule has 53 heavy (non-hydrogen) atoms. The zero-order valence-corrected chi connectivity index (χ0v) is 30.4. The molecule has 9 rings (SSSR count). The minimum absolute atomic E-state index is 1.22. The fourth-order valence-corrected chi connectivity index (χ4v) is 7.78. The monoisotopic (exact) mass is 676 g/mol. The van der Waals surface area contributed by atoms with Crippen molar-refractivity contribution in [3.05, 3.63) is 205 Å². The summed E-state index contributed by atoms with van der Waals surface area (Å²) < 4.78 is 0. The lowest BCUT2D eigenvalue weighted by atomic mass is 9.85. The van der Waals surface area contributed by atoms with Crippen LogP contribution in [0.1, 0.15) is 16.7 Å². The third-order valence-electron chi connectivity index (χ3n) is 10.7. The Morgan fingerprint density at radius 3 is 0.792 bits per heavy atom. The van der Waals surface area contributed by atoms with Gasteiger partial charge in [-0.15, -0.1) is 0 Å². The molecule has 9 aromatic carbocycles. The van der Waals surface area contributed by atoms with Crippen LogP contribution in [0.15, 0.2) is 188 Å². The normalized spacial score (nSPS) is 11.3. The molecule has 0 radical (unpaired) electrons. The zero-order chi connectivity index (χ0) is 35.9. The minimum Gasteiger partial charge on any atom is -0.0616 e. The zero-order valence-electron chi connectivity index (χ0n) is 30.4. The Balaban J connectivity index is 1.08. The van der Waals surface area contributed by atoms with E-state index in [-0.39, 0.29) is 0 Å². The Hall–Kier alpha value is -6.50. The van der Waals surface area contributed by atoms with E-state index in [1.54, 1.807) is 0 Å². The number of fused-ring (bicyclic) bond motifs is 2. The van der Waals surface area contributed by atoms with Gasteiger partial charge >= 0.3 is 0 Å². The molecule has 0 aliphatic rings. The number of hydrogen-bond donors (Lipinski definition) is 0. The molecule has 0 saturated heterocycles. The Morgan fingerprint density at radius 1 is 0.208 bits per heavy atom. The van der Waals surface area contributed by atoms with Crippen LogP contribution in [0, 0.1) is 20.8 Å². The summed E-state index contributed by atoms with van der Waals surface area (Å²) in [5, 5.41) is 5.09. The molecule has 0 fully saturated rings. The van der Waals surface area contributed by atoms with Crippen LogP contribution in [0.2, 0.25) is 0 Å².